The van der Waals surface area contributed by atoms with Gasteiger partial charge in [-0.2, -0.15) is 0 Å². The van der Waals surface area contributed by atoms with Crippen molar-refractivity contribution in [1.29, 1.82) is 0 Å². The van der Waals surface area contributed by atoms with Crippen LogP contribution in [0.3, 0.4) is 0 Å². The Bertz CT molecular complexity index is 528. The number of carbonyl (C=O) groups is 2. The van der Waals surface area contributed by atoms with Crippen molar-refractivity contribution in [3.8, 4) is 0 Å². The summed E-state index contributed by atoms with van der Waals surface area (Å²) in [6.45, 7) is 11.5. The highest BCUT2D eigenvalue weighted by Gasteiger charge is 2.36. The molecule has 1 aromatic heterocycles. The molecular weight excluding hydrogens is 268 g/mol. The SMILES string of the molecule is Cc1coc(C)c1C(=O)N1CCN(CC(C)C)C(=O)C1C. The van der Waals surface area contributed by atoms with E-state index in [-0.39, 0.29) is 11.8 Å². The number of aryl methyl sites for hydroxylation is 2. The van der Waals surface area contributed by atoms with Crippen molar-refractivity contribution in [2.45, 2.75) is 40.7 Å². The minimum atomic E-state index is -0.418. The van der Waals surface area contributed by atoms with Crippen LogP contribution in [0.1, 0.15) is 42.5 Å². The minimum Gasteiger partial charge on any atom is -0.469 e. The molecular formula is C16H24N2O3. The molecule has 0 bridgehead atoms. The number of hydrogen-bond acceptors (Lipinski definition) is 3. The Morgan fingerprint density at radius 1 is 1.38 bits per heavy atom. The first-order valence-corrected chi connectivity index (χ1v) is 7.47. The zero-order chi connectivity index (χ0) is 15.7. The summed E-state index contributed by atoms with van der Waals surface area (Å²) in [7, 11) is 0. The van der Waals surface area contributed by atoms with Crippen LogP contribution in [-0.4, -0.2) is 47.3 Å². The third kappa shape index (κ3) is 2.96. The van der Waals surface area contributed by atoms with Gasteiger partial charge >= 0.3 is 0 Å². The second-order valence-corrected chi connectivity index (χ2v) is 6.20. The van der Waals surface area contributed by atoms with Crippen LogP contribution < -0.4 is 0 Å². The zero-order valence-corrected chi connectivity index (χ0v) is 13.5. The van der Waals surface area contributed by atoms with E-state index in [1.807, 2.05) is 11.8 Å². The molecule has 0 saturated carbocycles. The Morgan fingerprint density at radius 3 is 2.57 bits per heavy atom. The molecule has 2 amide bonds. The molecule has 1 atom stereocenters. The van der Waals surface area contributed by atoms with Crippen molar-refractivity contribution in [3.05, 3.63) is 23.2 Å². The molecule has 2 heterocycles. The smallest absolute Gasteiger partial charge is 0.258 e. The lowest BCUT2D eigenvalue weighted by Crippen LogP contribution is -2.58. The summed E-state index contributed by atoms with van der Waals surface area (Å²) >= 11 is 0. The molecule has 1 aliphatic rings. The van der Waals surface area contributed by atoms with Gasteiger partial charge in [-0.3, -0.25) is 9.59 Å². The molecule has 0 N–H and O–H groups in total. The molecule has 5 nitrogen and oxygen atoms in total. The van der Waals surface area contributed by atoms with Gasteiger partial charge in [0.1, 0.15) is 11.8 Å². The van der Waals surface area contributed by atoms with Gasteiger partial charge in [0.2, 0.25) is 5.91 Å². The summed E-state index contributed by atoms with van der Waals surface area (Å²) < 4.78 is 5.30. The maximum atomic E-state index is 12.7. The minimum absolute atomic E-state index is 0.0297. The van der Waals surface area contributed by atoms with E-state index < -0.39 is 6.04 Å². The molecule has 1 aromatic rings. The summed E-state index contributed by atoms with van der Waals surface area (Å²) in [6, 6.07) is -0.418. The highest BCUT2D eigenvalue weighted by molar-refractivity contribution is 5.99. The zero-order valence-electron chi connectivity index (χ0n) is 13.5. The van der Waals surface area contributed by atoms with Crippen molar-refractivity contribution >= 4 is 11.8 Å². The summed E-state index contributed by atoms with van der Waals surface area (Å²) in [4.78, 5) is 28.6. The second kappa shape index (κ2) is 5.92. The number of furan rings is 1. The van der Waals surface area contributed by atoms with Crippen LogP contribution in [0, 0.1) is 19.8 Å². The van der Waals surface area contributed by atoms with Gasteiger partial charge in [0.25, 0.3) is 5.91 Å². The van der Waals surface area contributed by atoms with Crippen LogP contribution in [0.25, 0.3) is 0 Å². The molecule has 116 valence electrons. The summed E-state index contributed by atoms with van der Waals surface area (Å²) in [5.74, 6) is 0.967. The molecule has 0 aromatic carbocycles. The van der Waals surface area contributed by atoms with Crippen LogP contribution >= 0.6 is 0 Å². The van der Waals surface area contributed by atoms with Crippen LogP contribution in [0.2, 0.25) is 0 Å². The third-order valence-electron chi connectivity index (χ3n) is 3.97. The number of rotatable bonds is 3. The quantitative estimate of drug-likeness (QED) is 0.858. The molecule has 0 spiro atoms. The molecule has 0 aliphatic carbocycles. The topological polar surface area (TPSA) is 53.8 Å². The van der Waals surface area contributed by atoms with Crippen molar-refractivity contribution in [1.82, 2.24) is 9.80 Å². The largest absolute Gasteiger partial charge is 0.469 e. The van der Waals surface area contributed by atoms with Gasteiger partial charge < -0.3 is 14.2 Å². The highest BCUT2D eigenvalue weighted by atomic mass is 16.3. The van der Waals surface area contributed by atoms with Gasteiger partial charge in [0, 0.05) is 25.2 Å². The third-order valence-corrected chi connectivity index (χ3v) is 3.97. The average molecular weight is 292 g/mol. The standard InChI is InChI=1S/C16H24N2O3/c1-10(2)8-17-6-7-18(12(4)15(17)19)16(20)14-11(3)9-21-13(14)5/h9-10,12H,6-8H2,1-5H3. The summed E-state index contributed by atoms with van der Waals surface area (Å²) in [5.41, 5.74) is 1.41. The normalized spacial score (nSPS) is 19.5. The molecule has 5 heteroatoms. The monoisotopic (exact) mass is 292 g/mol. The first-order valence-electron chi connectivity index (χ1n) is 7.47. The number of amides is 2. The Hall–Kier alpha value is -1.78. The van der Waals surface area contributed by atoms with Crippen molar-refractivity contribution in [2.24, 2.45) is 5.92 Å². The molecule has 1 fully saturated rings. The van der Waals surface area contributed by atoms with Crippen LogP contribution in [0.5, 0.6) is 0 Å². The lowest BCUT2D eigenvalue weighted by molar-refractivity contribution is -0.140. The van der Waals surface area contributed by atoms with Crippen LogP contribution in [-0.2, 0) is 4.79 Å². The van der Waals surface area contributed by atoms with E-state index in [1.54, 1.807) is 25.0 Å². The van der Waals surface area contributed by atoms with Gasteiger partial charge in [-0.25, -0.2) is 0 Å². The average Bonchev–Trinajstić information content (AvgIpc) is 2.74. The molecule has 1 unspecified atom stereocenters. The Balaban J connectivity index is 2.16. The van der Waals surface area contributed by atoms with Gasteiger partial charge in [-0.15, -0.1) is 0 Å². The fourth-order valence-electron chi connectivity index (χ4n) is 2.86. The van der Waals surface area contributed by atoms with Gasteiger partial charge in [0.15, 0.2) is 0 Å². The fraction of sp³-hybridized carbons (Fsp3) is 0.625. The van der Waals surface area contributed by atoms with Gasteiger partial charge in [-0.05, 0) is 26.7 Å². The van der Waals surface area contributed by atoms with Crippen molar-refractivity contribution < 1.29 is 14.0 Å². The first-order chi connectivity index (χ1) is 9.82. The number of carbonyl (C=O) groups excluding carboxylic acids is 2. The maximum absolute atomic E-state index is 12.7. The van der Waals surface area contributed by atoms with Gasteiger partial charge in [-0.1, -0.05) is 13.8 Å². The Morgan fingerprint density at radius 2 is 2.05 bits per heavy atom. The second-order valence-electron chi connectivity index (χ2n) is 6.20. The predicted molar refractivity (Wildman–Crippen MR) is 80.1 cm³/mol. The molecule has 2 rings (SSSR count). The van der Waals surface area contributed by atoms with Crippen molar-refractivity contribution in [3.63, 3.8) is 0 Å². The van der Waals surface area contributed by atoms with Gasteiger partial charge in [0.05, 0.1) is 11.8 Å². The number of nitrogens with zero attached hydrogens (tertiary/aromatic N) is 2. The van der Waals surface area contributed by atoms with E-state index in [4.69, 9.17) is 4.42 Å². The lowest BCUT2D eigenvalue weighted by Gasteiger charge is -2.39. The molecule has 1 saturated heterocycles. The number of piperazine rings is 1. The molecule has 1 aliphatic heterocycles. The van der Waals surface area contributed by atoms with Crippen LogP contribution in [0.4, 0.5) is 0 Å². The molecule has 21 heavy (non-hydrogen) atoms. The fourth-order valence-corrected chi connectivity index (χ4v) is 2.86. The lowest BCUT2D eigenvalue weighted by atomic mass is 10.1. The predicted octanol–water partition coefficient (Wildman–Crippen LogP) is 2.23. The van der Waals surface area contributed by atoms with Crippen molar-refractivity contribution in [2.75, 3.05) is 19.6 Å². The summed E-state index contributed by atoms with van der Waals surface area (Å²) in [5, 5.41) is 0. The van der Waals surface area contributed by atoms with E-state index in [0.717, 1.165) is 12.1 Å². The maximum Gasteiger partial charge on any atom is 0.258 e. The Labute approximate surface area is 125 Å². The molecule has 0 radical (unpaired) electrons. The highest BCUT2D eigenvalue weighted by Crippen LogP contribution is 2.21. The first kappa shape index (κ1) is 15.6. The van der Waals surface area contributed by atoms with E-state index >= 15 is 0 Å². The summed E-state index contributed by atoms with van der Waals surface area (Å²) in [6.07, 6.45) is 1.59. The number of hydrogen-bond donors (Lipinski definition) is 0. The van der Waals surface area contributed by atoms with E-state index in [1.165, 1.54) is 0 Å². The van der Waals surface area contributed by atoms with E-state index in [2.05, 4.69) is 13.8 Å². The Kier molecular flexibility index (Phi) is 4.40. The van der Waals surface area contributed by atoms with E-state index in [9.17, 15) is 9.59 Å². The van der Waals surface area contributed by atoms with Crippen LogP contribution in [0.15, 0.2) is 10.7 Å². The van der Waals surface area contributed by atoms with E-state index in [0.29, 0.717) is 30.3 Å².